The lowest BCUT2D eigenvalue weighted by molar-refractivity contribution is -0.164. The third-order valence-electron chi connectivity index (χ3n) is 3.26. The maximum atomic E-state index is 5.33. The van der Waals surface area contributed by atoms with E-state index in [0.29, 0.717) is 17.5 Å². The summed E-state index contributed by atoms with van der Waals surface area (Å²) >= 11 is 0. The molecule has 1 heterocycles. The minimum atomic E-state index is 0.314. The first kappa shape index (κ1) is 10.0. The Balaban J connectivity index is 2.66. The smallest absolute Gasteiger partial charge is 0.0701 e. The molecule has 0 amide bonds. The molecule has 0 radical (unpaired) electrons. The first-order valence-electron chi connectivity index (χ1n) is 4.81. The van der Waals surface area contributed by atoms with Gasteiger partial charge < -0.3 is 4.74 Å². The Morgan fingerprint density at radius 1 is 1.17 bits per heavy atom. The monoisotopic (exact) mass is 171 g/mol. The predicted molar refractivity (Wildman–Crippen MR) is 51.3 cm³/mol. The molecule has 1 saturated heterocycles. The zero-order valence-corrected chi connectivity index (χ0v) is 8.92. The third kappa shape index (κ3) is 1.38. The van der Waals surface area contributed by atoms with Crippen LogP contribution >= 0.6 is 0 Å². The van der Waals surface area contributed by atoms with Crippen LogP contribution in [0.4, 0.5) is 0 Å². The van der Waals surface area contributed by atoms with Gasteiger partial charge in [-0.15, -0.1) is 0 Å². The van der Waals surface area contributed by atoms with E-state index in [1.54, 1.807) is 0 Å². The van der Waals surface area contributed by atoms with Gasteiger partial charge in [0.25, 0.3) is 0 Å². The number of hydrogen-bond acceptors (Lipinski definition) is 2. The van der Waals surface area contributed by atoms with Crippen LogP contribution in [-0.4, -0.2) is 36.7 Å². The number of rotatable bonds is 3. The molecule has 0 spiro atoms. The van der Waals surface area contributed by atoms with Gasteiger partial charge in [0, 0.05) is 6.04 Å². The molecule has 1 fully saturated rings. The van der Waals surface area contributed by atoms with Crippen molar-refractivity contribution in [3.05, 3.63) is 0 Å². The van der Waals surface area contributed by atoms with E-state index in [1.165, 1.54) is 0 Å². The SMILES string of the molecule is CC(C)N(C)C1(C(C)C)COC1. The van der Waals surface area contributed by atoms with Crippen LogP contribution in [-0.2, 0) is 4.74 Å². The zero-order chi connectivity index (χ0) is 9.35. The molecule has 0 aromatic rings. The summed E-state index contributed by atoms with van der Waals surface area (Å²) in [6, 6.07) is 0.608. The van der Waals surface area contributed by atoms with Crippen molar-refractivity contribution >= 4 is 0 Å². The zero-order valence-electron chi connectivity index (χ0n) is 8.92. The highest BCUT2D eigenvalue weighted by Crippen LogP contribution is 2.32. The highest BCUT2D eigenvalue weighted by Gasteiger charge is 2.45. The van der Waals surface area contributed by atoms with Crippen LogP contribution in [0.15, 0.2) is 0 Å². The maximum absolute atomic E-state index is 5.33. The van der Waals surface area contributed by atoms with Gasteiger partial charge in [-0.25, -0.2) is 0 Å². The van der Waals surface area contributed by atoms with E-state index in [-0.39, 0.29) is 0 Å². The van der Waals surface area contributed by atoms with Crippen LogP contribution in [0.2, 0.25) is 0 Å². The van der Waals surface area contributed by atoms with Crippen molar-refractivity contribution in [1.82, 2.24) is 4.90 Å². The topological polar surface area (TPSA) is 12.5 Å². The molecular weight excluding hydrogens is 150 g/mol. The summed E-state index contributed by atoms with van der Waals surface area (Å²) in [7, 11) is 2.20. The van der Waals surface area contributed by atoms with E-state index in [2.05, 4.69) is 39.6 Å². The summed E-state index contributed by atoms with van der Waals surface area (Å²) in [5, 5.41) is 0. The Morgan fingerprint density at radius 3 is 1.75 bits per heavy atom. The van der Waals surface area contributed by atoms with Gasteiger partial charge in [0.1, 0.15) is 0 Å². The Labute approximate surface area is 75.9 Å². The quantitative estimate of drug-likeness (QED) is 0.641. The highest BCUT2D eigenvalue weighted by atomic mass is 16.5. The summed E-state index contributed by atoms with van der Waals surface area (Å²) in [4.78, 5) is 2.45. The van der Waals surface area contributed by atoms with E-state index >= 15 is 0 Å². The van der Waals surface area contributed by atoms with Crippen LogP contribution in [0, 0.1) is 5.92 Å². The first-order chi connectivity index (χ1) is 5.50. The highest BCUT2D eigenvalue weighted by molar-refractivity contribution is 4.98. The fraction of sp³-hybridized carbons (Fsp3) is 1.00. The summed E-state index contributed by atoms with van der Waals surface area (Å²) < 4.78 is 5.33. The molecule has 2 heteroatoms. The Morgan fingerprint density at radius 2 is 1.67 bits per heavy atom. The lowest BCUT2D eigenvalue weighted by Gasteiger charge is -2.52. The Hall–Kier alpha value is -0.0800. The van der Waals surface area contributed by atoms with Crippen LogP contribution in [0.3, 0.4) is 0 Å². The summed E-state index contributed by atoms with van der Waals surface area (Å²) in [5.41, 5.74) is 0.314. The second-order valence-electron chi connectivity index (χ2n) is 4.46. The van der Waals surface area contributed by atoms with E-state index < -0.39 is 0 Å². The molecule has 0 aromatic heterocycles. The molecule has 1 rings (SSSR count). The summed E-state index contributed by atoms with van der Waals surface area (Å²) in [6.07, 6.45) is 0. The molecule has 0 aromatic carbocycles. The van der Waals surface area contributed by atoms with Crippen molar-refractivity contribution in [3.63, 3.8) is 0 Å². The molecular formula is C10H21NO. The maximum Gasteiger partial charge on any atom is 0.0701 e. The number of ether oxygens (including phenoxy) is 1. The normalized spacial score (nSPS) is 22.0. The lowest BCUT2D eigenvalue weighted by Crippen LogP contribution is -2.65. The van der Waals surface area contributed by atoms with Gasteiger partial charge in [0.05, 0.1) is 18.8 Å². The van der Waals surface area contributed by atoms with Crippen LogP contribution < -0.4 is 0 Å². The molecule has 1 aliphatic heterocycles. The molecule has 0 atom stereocenters. The fourth-order valence-corrected chi connectivity index (χ4v) is 1.77. The van der Waals surface area contributed by atoms with E-state index in [1.807, 2.05) is 0 Å². The van der Waals surface area contributed by atoms with Crippen molar-refractivity contribution in [2.24, 2.45) is 5.92 Å². The Bertz CT molecular complexity index is 150. The average Bonchev–Trinajstić information content (AvgIpc) is 1.83. The van der Waals surface area contributed by atoms with Crippen molar-refractivity contribution in [3.8, 4) is 0 Å². The molecule has 0 unspecified atom stereocenters. The number of nitrogens with zero attached hydrogens (tertiary/aromatic N) is 1. The second-order valence-corrected chi connectivity index (χ2v) is 4.46. The van der Waals surface area contributed by atoms with E-state index in [4.69, 9.17) is 4.74 Å². The van der Waals surface area contributed by atoms with Crippen molar-refractivity contribution in [2.45, 2.75) is 39.3 Å². The predicted octanol–water partition coefficient (Wildman–Crippen LogP) is 1.75. The van der Waals surface area contributed by atoms with Crippen molar-refractivity contribution in [1.29, 1.82) is 0 Å². The molecule has 0 N–H and O–H groups in total. The second kappa shape index (κ2) is 3.35. The van der Waals surface area contributed by atoms with Gasteiger partial charge in [-0.1, -0.05) is 13.8 Å². The fourth-order valence-electron chi connectivity index (χ4n) is 1.77. The lowest BCUT2D eigenvalue weighted by atomic mass is 9.82. The molecule has 2 nitrogen and oxygen atoms in total. The minimum Gasteiger partial charge on any atom is -0.377 e. The molecule has 72 valence electrons. The molecule has 0 saturated carbocycles. The van der Waals surface area contributed by atoms with Gasteiger partial charge in [0.2, 0.25) is 0 Å². The summed E-state index contributed by atoms with van der Waals surface area (Å²) in [5.74, 6) is 0.679. The van der Waals surface area contributed by atoms with E-state index in [0.717, 1.165) is 13.2 Å². The molecule has 1 aliphatic rings. The Kier molecular flexibility index (Phi) is 2.79. The number of likely N-dealkylation sites (N-methyl/N-ethyl adjacent to an activating group) is 1. The van der Waals surface area contributed by atoms with Gasteiger partial charge in [-0.05, 0) is 26.8 Å². The van der Waals surface area contributed by atoms with Gasteiger partial charge in [0.15, 0.2) is 0 Å². The van der Waals surface area contributed by atoms with Crippen LogP contribution in [0.5, 0.6) is 0 Å². The van der Waals surface area contributed by atoms with Gasteiger partial charge in [-0.3, -0.25) is 4.90 Å². The molecule has 12 heavy (non-hydrogen) atoms. The van der Waals surface area contributed by atoms with Crippen LogP contribution in [0.25, 0.3) is 0 Å². The van der Waals surface area contributed by atoms with Crippen molar-refractivity contribution < 1.29 is 4.74 Å². The van der Waals surface area contributed by atoms with Gasteiger partial charge in [-0.2, -0.15) is 0 Å². The number of hydrogen-bond donors (Lipinski definition) is 0. The van der Waals surface area contributed by atoms with Crippen molar-refractivity contribution in [2.75, 3.05) is 20.3 Å². The standard InChI is InChI=1S/C10H21NO/c1-8(2)10(6-12-7-10)11(5)9(3)4/h8-9H,6-7H2,1-5H3. The third-order valence-corrected chi connectivity index (χ3v) is 3.26. The van der Waals surface area contributed by atoms with Gasteiger partial charge >= 0.3 is 0 Å². The van der Waals surface area contributed by atoms with E-state index in [9.17, 15) is 0 Å². The minimum absolute atomic E-state index is 0.314. The summed E-state index contributed by atoms with van der Waals surface area (Å²) in [6.45, 7) is 10.8. The molecule has 0 bridgehead atoms. The van der Waals surface area contributed by atoms with Crippen LogP contribution in [0.1, 0.15) is 27.7 Å². The largest absolute Gasteiger partial charge is 0.377 e. The molecule has 0 aliphatic carbocycles. The first-order valence-corrected chi connectivity index (χ1v) is 4.81. The average molecular weight is 171 g/mol.